The Morgan fingerprint density at radius 2 is 0.783 bits per heavy atom. The van der Waals surface area contributed by atoms with Crippen molar-refractivity contribution in [2.75, 3.05) is 9.80 Å². The summed E-state index contributed by atoms with van der Waals surface area (Å²) in [6, 6.07) is 77.1. The molecule has 0 radical (unpaired) electrons. The number of nitrogens with zero attached hydrogens (tertiary/aromatic N) is 2. The van der Waals surface area contributed by atoms with E-state index in [1.54, 1.807) is 0 Å². The molecule has 1 fully saturated rings. The Labute approximate surface area is 404 Å². The first-order chi connectivity index (χ1) is 34.1. The van der Waals surface area contributed by atoms with Gasteiger partial charge in [0.05, 0.1) is 17.5 Å². The van der Waals surface area contributed by atoms with Crippen LogP contribution in [-0.4, -0.2) is 6.10 Å². The first-order valence-corrected chi connectivity index (χ1v) is 25.1. The SMILES string of the molecule is CCC(C)c1cc(N(c2ccc3ccccc3c2)c2ccc3ccccc3c2)c2ccc3c(OC4CCCCC4)cc(N(c4ccc5ccccc5c4)c4ccc5ccccc5c4)c4ccc1c2c34. The van der Waals surface area contributed by atoms with Crippen LogP contribution in [-0.2, 0) is 0 Å². The Hall–Kier alpha value is -7.88. The topological polar surface area (TPSA) is 15.7 Å². The molecule has 0 aromatic heterocycles. The minimum atomic E-state index is 0.169. The lowest BCUT2D eigenvalue weighted by Crippen LogP contribution is -2.20. The fourth-order valence-corrected chi connectivity index (χ4v) is 11.5. The third-order valence-electron chi connectivity index (χ3n) is 15.3. The zero-order chi connectivity index (χ0) is 46.0. The molecule has 0 spiro atoms. The molecule has 0 heterocycles. The molecule has 1 aliphatic carbocycles. The van der Waals surface area contributed by atoms with Crippen LogP contribution in [0.3, 0.4) is 0 Å². The summed E-state index contributed by atoms with van der Waals surface area (Å²) in [7, 11) is 0. The van der Waals surface area contributed by atoms with Gasteiger partial charge in [0.2, 0.25) is 0 Å². The van der Waals surface area contributed by atoms with Crippen molar-refractivity contribution >= 4 is 110 Å². The Bertz CT molecular complexity index is 3740. The standard InChI is InChI=1S/C66H54N2O/c1-3-43(2)61-41-62(67(52-29-25-44-15-7-11-19-48(44)37-52)53-30-26-45-16-8-12-20-49(45)38-53)58-35-36-60-64(69-56-23-5-4-6-24-56)42-63(59-34-33-57(61)65(58)66(59)60)68(54-31-27-46-17-9-13-21-50(46)39-54)55-32-28-47-18-10-14-22-51(47)40-55/h7-22,25-43,56H,3-6,23-24H2,1-2H3. The Balaban J connectivity index is 1.14. The van der Waals surface area contributed by atoms with Crippen LogP contribution in [0.25, 0.3) is 75.4 Å². The summed E-state index contributed by atoms with van der Waals surface area (Å²) >= 11 is 0. The van der Waals surface area contributed by atoms with Crippen molar-refractivity contribution in [3.05, 3.63) is 212 Å². The highest BCUT2D eigenvalue weighted by atomic mass is 16.5. The molecular weight excluding hydrogens is 837 g/mol. The lowest BCUT2D eigenvalue weighted by molar-refractivity contribution is 0.157. The Morgan fingerprint density at radius 3 is 1.22 bits per heavy atom. The summed E-state index contributed by atoms with van der Waals surface area (Å²) in [6.07, 6.45) is 7.01. The first-order valence-electron chi connectivity index (χ1n) is 25.1. The number of fused-ring (bicyclic) bond motifs is 4. The van der Waals surface area contributed by atoms with E-state index in [1.807, 2.05) is 0 Å². The van der Waals surface area contributed by atoms with Crippen molar-refractivity contribution in [3.63, 3.8) is 0 Å². The molecule has 0 bridgehead atoms. The zero-order valence-electron chi connectivity index (χ0n) is 39.3. The zero-order valence-corrected chi connectivity index (χ0v) is 39.3. The number of ether oxygens (including phenoxy) is 1. The van der Waals surface area contributed by atoms with Crippen molar-refractivity contribution in [2.45, 2.75) is 64.4 Å². The second-order valence-electron chi connectivity index (χ2n) is 19.4. The van der Waals surface area contributed by atoms with Crippen LogP contribution in [0.1, 0.15) is 63.9 Å². The molecule has 12 aromatic carbocycles. The van der Waals surface area contributed by atoms with Gasteiger partial charge in [-0.05, 0) is 158 Å². The molecule has 12 aromatic rings. The van der Waals surface area contributed by atoms with Gasteiger partial charge in [-0.3, -0.25) is 0 Å². The fraction of sp³-hybridized carbons (Fsp3) is 0.152. The number of hydrogen-bond acceptors (Lipinski definition) is 3. The van der Waals surface area contributed by atoms with E-state index in [9.17, 15) is 0 Å². The molecule has 1 saturated carbocycles. The lowest BCUT2D eigenvalue weighted by Gasteiger charge is -2.32. The van der Waals surface area contributed by atoms with Gasteiger partial charge in [0.25, 0.3) is 0 Å². The van der Waals surface area contributed by atoms with E-state index in [1.165, 1.54) is 106 Å². The molecule has 0 amide bonds. The average molecular weight is 891 g/mol. The highest BCUT2D eigenvalue weighted by Gasteiger charge is 2.28. The summed E-state index contributed by atoms with van der Waals surface area (Å²) < 4.78 is 7.38. The van der Waals surface area contributed by atoms with Crippen LogP contribution in [0.15, 0.2) is 206 Å². The van der Waals surface area contributed by atoms with Crippen LogP contribution in [0.2, 0.25) is 0 Å². The van der Waals surface area contributed by atoms with Crippen LogP contribution in [0.5, 0.6) is 5.75 Å². The predicted octanol–water partition coefficient (Wildman–Crippen LogP) is 19.4. The predicted molar refractivity (Wildman–Crippen MR) is 296 cm³/mol. The van der Waals surface area contributed by atoms with E-state index in [0.29, 0.717) is 5.92 Å². The molecule has 69 heavy (non-hydrogen) atoms. The monoisotopic (exact) mass is 890 g/mol. The highest BCUT2D eigenvalue weighted by Crippen LogP contribution is 2.52. The second-order valence-corrected chi connectivity index (χ2v) is 19.4. The summed E-state index contributed by atoms with van der Waals surface area (Å²) in [5.41, 5.74) is 8.15. The second kappa shape index (κ2) is 17.0. The minimum absolute atomic E-state index is 0.169. The van der Waals surface area contributed by atoms with Gasteiger partial charge in [-0.15, -0.1) is 0 Å². The number of rotatable bonds is 10. The van der Waals surface area contributed by atoms with E-state index in [0.717, 1.165) is 53.4 Å². The maximum atomic E-state index is 7.38. The van der Waals surface area contributed by atoms with E-state index < -0.39 is 0 Å². The largest absolute Gasteiger partial charge is 0.490 e. The van der Waals surface area contributed by atoms with Crippen molar-refractivity contribution in [1.82, 2.24) is 0 Å². The van der Waals surface area contributed by atoms with Crippen molar-refractivity contribution in [2.24, 2.45) is 0 Å². The van der Waals surface area contributed by atoms with Gasteiger partial charge in [-0.1, -0.05) is 160 Å². The molecule has 0 saturated heterocycles. The van der Waals surface area contributed by atoms with Crippen LogP contribution in [0.4, 0.5) is 34.1 Å². The van der Waals surface area contributed by atoms with E-state index >= 15 is 0 Å². The smallest absolute Gasteiger partial charge is 0.129 e. The lowest BCUT2D eigenvalue weighted by atomic mass is 9.85. The van der Waals surface area contributed by atoms with Gasteiger partial charge in [-0.25, -0.2) is 0 Å². The van der Waals surface area contributed by atoms with Gasteiger partial charge in [0.1, 0.15) is 5.75 Å². The molecule has 0 aliphatic heterocycles. The molecule has 1 unspecified atom stereocenters. The van der Waals surface area contributed by atoms with Crippen LogP contribution < -0.4 is 14.5 Å². The van der Waals surface area contributed by atoms with Gasteiger partial charge in [-0.2, -0.15) is 0 Å². The van der Waals surface area contributed by atoms with Gasteiger partial charge in [0.15, 0.2) is 0 Å². The quantitative estimate of drug-likeness (QED) is 0.127. The average Bonchev–Trinajstić information content (AvgIpc) is 3.41. The maximum absolute atomic E-state index is 7.38. The van der Waals surface area contributed by atoms with E-state index in [2.05, 4.69) is 230 Å². The van der Waals surface area contributed by atoms with E-state index in [4.69, 9.17) is 4.74 Å². The molecule has 1 atom stereocenters. The highest BCUT2D eigenvalue weighted by molar-refractivity contribution is 6.30. The van der Waals surface area contributed by atoms with Crippen molar-refractivity contribution in [1.29, 1.82) is 0 Å². The summed E-state index contributed by atoms with van der Waals surface area (Å²) in [5, 5.41) is 17.2. The maximum Gasteiger partial charge on any atom is 0.129 e. The normalized spacial score (nSPS) is 13.9. The molecule has 3 heteroatoms. The number of anilines is 6. The molecule has 3 nitrogen and oxygen atoms in total. The Morgan fingerprint density at radius 1 is 0.406 bits per heavy atom. The molecule has 0 N–H and O–H groups in total. The van der Waals surface area contributed by atoms with Gasteiger partial charge < -0.3 is 14.5 Å². The fourth-order valence-electron chi connectivity index (χ4n) is 11.5. The number of hydrogen-bond donors (Lipinski definition) is 0. The third-order valence-corrected chi connectivity index (χ3v) is 15.3. The van der Waals surface area contributed by atoms with Gasteiger partial charge >= 0.3 is 0 Å². The molecule has 334 valence electrons. The third kappa shape index (κ3) is 7.19. The molecular formula is C66H54N2O. The van der Waals surface area contributed by atoms with Crippen molar-refractivity contribution < 1.29 is 4.74 Å². The van der Waals surface area contributed by atoms with Crippen molar-refractivity contribution in [3.8, 4) is 5.75 Å². The summed E-state index contributed by atoms with van der Waals surface area (Å²) in [5.74, 6) is 1.27. The summed E-state index contributed by atoms with van der Waals surface area (Å²) in [4.78, 5) is 5.01. The van der Waals surface area contributed by atoms with E-state index in [-0.39, 0.29) is 6.10 Å². The van der Waals surface area contributed by atoms with Crippen LogP contribution in [0, 0.1) is 0 Å². The molecule has 13 rings (SSSR count). The minimum Gasteiger partial charge on any atom is -0.490 e. The molecule has 1 aliphatic rings. The van der Waals surface area contributed by atoms with Gasteiger partial charge in [0, 0.05) is 50.4 Å². The summed E-state index contributed by atoms with van der Waals surface area (Å²) in [6.45, 7) is 4.72. The number of benzene rings is 12. The van der Waals surface area contributed by atoms with Crippen LogP contribution >= 0.6 is 0 Å². The Kier molecular flexibility index (Phi) is 10.2. The first kappa shape index (κ1) is 41.3.